The van der Waals surface area contributed by atoms with E-state index in [-0.39, 0.29) is 5.91 Å². The van der Waals surface area contributed by atoms with Gasteiger partial charge in [0.25, 0.3) is 5.91 Å². The van der Waals surface area contributed by atoms with Gasteiger partial charge in [0.2, 0.25) is 0 Å². The summed E-state index contributed by atoms with van der Waals surface area (Å²) in [5.41, 5.74) is 3.51. The zero-order valence-electron chi connectivity index (χ0n) is 10.5. The molecule has 5 heteroatoms. The van der Waals surface area contributed by atoms with Gasteiger partial charge in [-0.25, -0.2) is 0 Å². The van der Waals surface area contributed by atoms with Gasteiger partial charge in [-0.15, -0.1) is 0 Å². The molecule has 0 aliphatic heterocycles. The van der Waals surface area contributed by atoms with Crippen molar-refractivity contribution in [3.8, 4) is 0 Å². The van der Waals surface area contributed by atoms with Gasteiger partial charge in [-0.3, -0.25) is 9.48 Å². The van der Waals surface area contributed by atoms with Crippen molar-refractivity contribution in [3.63, 3.8) is 0 Å². The standard InChI is InChI=1S/C13H14BrN3O/c1-8-4-5-10(6-9(8)2)15-13(18)12-11(14)7-17(3)16-12/h4-7H,1-3H3,(H,15,18). The van der Waals surface area contributed by atoms with E-state index in [1.165, 1.54) is 5.56 Å². The highest BCUT2D eigenvalue weighted by Crippen LogP contribution is 2.18. The second-order valence-corrected chi connectivity index (χ2v) is 5.11. The van der Waals surface area contributed by atoms with Crippen molar-refractivity contribution in [2.45, 2.75) is 13.8 Å². The van der Waals surface area contributed by atoms with E-state index >= 15 is 0 Å². The number of nitrogens with zero attached hydrogens (tertiary/aromatic N) is 2. The molecular weight excluding hydrogens is 294 g/mol. The molecule has 0 fully saturated rings. The Hall–Kier alpha value is -1.62. The van der Waals surface area contributed by atoms with Crippen molar-refractivity contribution >= 4 is 27.5 Å². The summed E-state index contributed by atoms with van der Waals surface area (Å²) in [4.78, 5) is 12.0. The molecule has 0 aliphatic rings. The number of benzene rings is 1. The first-order chi connectivity index (χ1) is 8.47. The number of aromatic nitrogens is 2. The van der Waals surface area contributed by atoms with Crippen molar-refractivity contribution < 1.29 is 4.79 Å². The van der Waals surface area contributed by atoms with Crippen LogP contribution in [0.3, 0.4) is 0 Å². The van der Waals surface area contributed by atoms with Crippen molar-refractivity contribution in [2.24, 2.45) is 7.05 Å². The molecule has 0 saturated carbocycles. The summed E-state index contributed by atoms with van der Waals surface area (Å²) < 4.78 is 2.28. The highest BCUT2D eigenvalue weighted by Gasteiger charge is 2.14. The summed E-state index contributed by atoms with van der Waals surface area (Å²) in [5.74, 6) is -0.217. The topological polar surface area (TPSA) is 46.9 Å². The van der Waals surface area contributed by atoms with E-state index < -0.39 is 0 Å². The molecule has 2 aromatic rings. The first-order valence-electron chi connectivity index (χ1n) is 5.55. The van der Waals surface area contributed by atoms with E-state index in [2.05, 4.69) is 26.3 Å². The van der Waals surface area contributed by atoms with Crippen LogP contribution in [-0.2, 0) is 7.05 Å². The largest absolute Gasteiger partial charge is 0.321 e. The smallest absolute Gasteiger partial charge is 0.277 e. The number of carbonyl (C=O) groups is 1. The van der Waals surface area contributed by atoms with Crippen molar-refractivity contribution in [3.05, 3.63) is 45.7 Å². The molecule has 0 atom stereocenters. The number of hydrogen-bond acceptors (Lipinski definition) is 2. The van der Waals surface area contributed by atoms with Gasteiger partial charge in [0, 0.05) is 18.9 Å². The number of aryl methyl sites for hydroxylation is 3. The van der Waals surface area contributed by atoms with Gasteiger partial charge in [0.05, 0.1) is 4.47 Å². The maximum absolute atomic E-state index is 12.0. The van der Waals surface area contributed by atoms with Crippen LogP contribution in [-0.4, -0.2) is 15.7 Å². The fraction of sp³-hybridized carbons (Fsp3) is 0.231. The normalized spacial score (nSPS) is 10.4. The van der Waals surface area contributed by atoms with Crippen molar-refractivity contribution in [1.82, 2.24) is 9.78 Å². The number of nitrogens with one attached hydrogen (secondary N) is 1. The lowest BCUT2D eigenvalue weighted by atomic mass is 10.1. The maximum atomic E-state index is 12.0. The highest BCUT2D eigenvalue weighted by molar-refractivity contribution is 9.10. The SMILES string of the molecule is Cc1ccc(NC(=O)c2nn(C)cc2Br)cc1C. The molecule has 0 spiro atoms. The lowest BCUT2D eigenvalue weighted by Gasteiger charge is -2.06. The summed E-state index contributed by atoms with van der Waals surface area (Å²) >= 11 is 3.31. The maximum Gasteiger partial charge on any atom is 0.277 e. The third-order valence-corrected chi connectivity index (χ3v) is 3.34. The van der Waals surface area contributed by atoms with Crippen LogP contribution in [0.1, 0.15) is 21.6 Å². The molecule has 0 bridgehead atoms. The third-order valence-electron chi connectivity index (χ3n) is 2.76. The van der Waals surface area contributed by atoms with Crippen LogP contribution in [0.25, 0.3) is 0 Å². The van der Waals surface area contributed by atoms with Crippen molar-refractivity contribution in [2.75, 3.05) is 5.32 Å². The monoisotopic (exact) mass is 307 g/mol. The van der Waals surface area contributed by atoms with Crippen LogP contribution in [0.5, 0.6) is 0 Å². The van der Waals surface area contributed by atoms with E-state index in [0.717, 1.165) is 11.3 Å². The lowest BCUT2D eigenvalue weighted by Crippen LogP contribution is -2.13. The quantitative estimate of drug-likeness (QED) is 0.927. The molecule has 2 rings (SSSR count). The van der Waals surface area contributed by atoms with Crippen LogP contribution in [0, 0.1) is 13.8 Å². The van der Waals surface area contributed by atoms with Gasteiger partial charge < -0.3 is 5.32 Å². The van der Waals surface area contributed by atoms with E-state index in [1.807, 2.05) is 32.0 Å². The molecule has 0 unspecified atom stereocenters. The van der Waals surface area contributed by atoms with Gasteiger partial charge in [-0.05, 0) is 53.0 Å². The first kappa shape index (κ1) is 12.8. The molecule has 0 aliphatic carbocycles. The van der Waals surface area contributed by atoms with Gasteiger partial charge in [0.15, 0.2) is 5.69 Å². The van der Waals surface area contributed by atoms with Crippen LogP contribution < -0.4 is 5.32 Å². The Morgan fingerprint density at radius 3 is 2.61 bits per heavy atom. The van der Waals surface area contributed by atoms with E-state index in [4.69, 9.17) is 0 Å². The van der Waals surface area contributed by atoms with Crippen molar-refractivity contribution in [1.29, 1.82) is 0 Å². The van der Waals surface area contributed by atoms with E-state index in [1.54, 1.807) is 17.9 Å². The molecule has 94 valence electrons. The highest BCUT2D eigenvalue weighted by atomic mass is 79.9. The summed E-state index contributed by atoms with van der Waals surface area (Å²) in [6.45, 7) is 4.05. The Balaban J connectivity index is 2.21. The van der Waals surface area contributed by atoms with Gasteiger partial charge >= 0.3 is 0 Å². The fourth-order valence-electron chi connectivity index (χ4n) is 1.62. The Morgan fingerprint density at radius 1 is 1.33 bits per heavy atom. The Kier molecular flexibility index (Phi) is 3.52. The van der Waals surface area contributed by atoms with Crippen LogP contribution in [0.2, 0.25) is 0 Å². The summed E-state index contributed by atoms with van der Waals surface area (Å²) in [6.07, 6.45) is 1.75. The average Bonchev–Trinajstić information content (AvgIpc) is 2.63. The Morgan fingerprint density at radius 2 is 2.06 bits per heavy atom. The first-order valence-corrected chi connectivity index (χ1v) is 6.34. The van der Waals surface area contributed by atoms with E-state index in [0.29, 0.717) is 10.2 Å². The second-order valence-electron chi connectivity index (χ2n) is 4.25. The molecule has 1 aromatic carbocycles. The molecule has 4 nitrogen and oxygen atoms in total. The number of halogens is 1. The lowest BCUT2D eigenvalue weighted by molar-refractivity contribution is 0.102. The Labute approximate surface area is 114 Å². The summed E-state index contributed by atoms with van der Waals surface area (Å²) in [7, 11) is 1.78. The van der Waals surface area contributed by atoms with E-state index in [9.17, 15) is 4.79 Å². The second kappa shape index (κ2) is 4.94. The molecule has 1 N–H and O–H groups in total. The number of rotatable bonds is 2. The van der Waals surface area contributed by atoms with Crippen LogP contribution in [0.15, 0.2) is 28.9 Å². The molecule has 1 amide bonds. The number of amides is 1. The minimum Gasteiger partial charge on any atom is -0.321 e. The molecule has 1 aromatic heterocycles. The number of hydrogen-bond donors (Lipinski definition) is 1. The molecule has 0 radical (unpaired) electrons. The zero-order chi connectivity index (χ0) is 13.3. The predicted molar refractivity (Wildman–Crippen MR) is 74.8 cm³/mol. The average molecular weight is 308 g/mol. The minimum atomic E-state index is -0.217. The van der Waals surface area contributed by atoms with Gasteiger partial charge in [0.1, 0.15) is 0 Å². The fourth-order valence-corrected chi connectivity index (χ4v) is 2.18. The van der Waals surface area contributed by atoms with Crippen LogP contribution in [0.4, 0.5) is 5.69 Å². The molecule has 18 heavy (non-hydrogen) atoms. The summed E-state index contributed by atoms with van der Waals surface area (Å²) in [5, 5.41) is 6.94. The zero-order valence-corrected chi connectivity index (χ0v) is 12.1. The molecular formula is C13H14BrN3O. The Bertz CT molecular complexity index is 604. The molecule has 0 saturated heterocycles. The van der Waals surface area contributed by atoms with Crippen LogP contribution >= 0.6 is 15.9 Å². The minimum absolute atomic E-state index is 0.217. The van der Waals surface area contributed by atoms with Gasteiger partial charge in [-0.1, -0.05) is 6.07 Å². The molecule has 1 heterocycles. The number of anilines is 1. The summed E-state index contributed by atoms with van der Waals surface area (Å²) in [6, 6.07) is 5.82. The number of carbonyl (C=O) groups excluding carboxylic acids is 1. The van der Waals surface area contributed by atoms with Gasteiger partial charge in [-0.2, -0.15) is 5.10 Å². The third kappa shape index (κ3) is 2.61. The predicted octanol–water partition coefficient (Wildman–Crippen LogP) is 3.05.